The SMILES string of the molecule is Cc1cccc(Oc2ccc(C=O)cc2C(F)(F)F)c1. The van der Waals surface area contributed by atoms with Crippen molar-refractivity contribution in [3.8, 4) is 11.5 Å². The normalized spacial score (nSPS) is 11.2. The second-order valence-corrected chi connectivity index (χ2v) is 4.29. The third kappa shape index (κ3) is 3.17. The molecule has 104 valence electrons. The third-order valence-electron chi connectivity index (χ3n) is 2.66. The molecule has 2 rings (SSSR count). The Hall–Kier alpha value is -2.30. The maximum absolute atomic E-state index is 13.0. The summed E-state index contributed by atoms with van der Waals surface area (Å²) in [6.07, 6.45) is -4.22. The summed E-state index contributed by atoms with van der Waals surface area (Å²) in [7, 11) is 0. The highest BCUT2D eigenvalue weighted by atomic mass is 19.4. The van der Waals surface area contributed by atoms with Crippen molar-refractivity contribution in [3.63, 3.8) is 0 Å². The van der Waals surface area contributed by atoms with Gasteiger partial charge in [-0.25, -0.2) is 0 Å². The average Bonchev–Trinajstić information content (AvgIpc) is 2.38. The molecular weight excluding hydrogens is 269 g/mol. The molecule has 0 radical (unpaired) electrons. The number of carbonyl (C=O) groups is 1. The van der Waals surface area contributed by atoms with E-state index in [0.29, 0.717) is 12.0 Å². The molecule has 0 bridgehead atoms. The minimum absolute atomic E-state index is 0.0473. The van der Waals surface area contributed by atoms with E-state index in [1.807, 2.05) is 13.0 Å². The number of aryl methyl sites for hydroxylation is 1. The average molecular weight is 280 g/mol. The van der Waals surface area contributed by atoms with E-state index in [1.165, 1.54) is 6.07 Å². The summed E-state index contributed by atoms with van der Waals surface area (Å²) < 4.78 is 44.1. The fourth-order valence-electron chi connectivity index (χ4n) is 1.74. The number of hydrogen-bond acceptors (Lipinski definition) is 2. The van der Waals surface area contributed by atoms with E-state index in [0.717, 1.165) is 17.7 Å². The van der Waals surface area contributed by atoms with Crippen molar-refractivity contribution in [1.29, 1.82) is 0 Å². The van der Waals surface area contributed by atoms with Gasteiger partial charge in [0, 0.05) is 5.56 Å². The van der Waals surface area contributed by atoms with Crippen LogP contribution < -0.4 is 4.74 Å². The fraction of sp³-hybridized carbons (Fsp3) is 0.133. The standard InChI is InChI=1S/C15H11F3O2/c1-10-3-2-4-12(7-10)20-14-6-5-11(9-19)8-13(14)15(16,17)18/h2-9H,1H3. The van der Waals surface area contributed by atoms with E-state index in [9.17, 15) is 18.0 Å². The third-order valence-corrected chi connectivity index (χ3v) is 2.66. The number of halogens is 3. The second-order valence-electron chi connectivity index (χ2n) is 4.29. The second kappa shape index (κ2) is 5.36. The lowest BCUT2D eigenvalue weighted by atomic mass is 10.1. The maximum atomic E-state index is 13.0. The van der Waals surface area contributed by atoms with Gasteiger partial charge in [0.05, 0.1) is 5.56 Å². The molecule has 0 saturated heterocycles. The van der Waals surface area contributed by atoms with Gasteiger partial charge in [0.25, 0.3) is 0 Å². The predicted octanol–water partition coefficient (Wildman–Crippen LogP) is 4.62. The zero-order valence-electron chi connectivity index (χ0n) is 10.6. The van der Waals surface area contributed by atoms with Gasteiger partial charge in [-0.05, 0) is 42.8 Å². The Labute approximate surface area is 113 Å². The molecule has 2 nitrogen and oxygen atoms in total. The Morgan fingerprint density at radius 3 is 2.45 bits per heavy atom. The van der Waals surface area contributed by atoms with Crippen LogP contribution in [0.3, 0.4) is 0 Å². The van der Waals surface area contributed by atoms with Crippen LogP contribution in [0.5, 0.6) is 11.5 Å². The van der Waals surface area contributed by atoms with Gasteiger partial charge in [0.15, 0.2) is 0 Å². The molecule has 2 aromatic rings. The fourth-order valence-corrected chi connectivity index (χ4v) is 1.74. The Morgan fingerprint density at radius 2 is 1.85 bits per heavy atom. The number of aldehydes is 1. The summed E-state index contributed by atoms with van der Waals surface area (Å²) in [4.78, 5) is 10.6. The van der Waals surface area contributed by atoms with Gasteiger partial charge in [-0.1, -0.05) is 12.1 Å². The molecule has 5 heteroatoms. The van der Waals surface area contributed by atoms with E-state index in [4.69, 9.17) is 4.74 Å². The van der Waals surface area contributed by atoms with Crippen LogP contribution >= 0.6 is 0 Å². The summed E-state index contributed by atoms with van der Waals surface area (Å²) in [5, 5.41) is 0. The molecule has 0 fully saturated rings. The summed E-state index contributed by atoms with van der Waals surface area (Å²) in [6.45, 7) is 1.81. The topological polar surface area (TPSA) is 26.3 Å². The van der Waals surface area contributed by atoms with E-state index in [2.05, 4.69) is 0 Å². The molecule has 0 aliphatic carbocycles. The number of carbonyl (C=O) groups excluding carboxylic acids is 1. The lowest BCUT2D eigenvalue weighted by Gasteiger charge is -2.14. The Bertz CT molecular complexity index is 633. The Morgan fingerprint density at radius 1 is 1.10 bits per heavy atom. The summed E-state index contributed by atoms with van der Waals surface area (Å²) in [5.74, 6) is -0.0111. The van der Waals surface area contributed by atoms with Crippen molar-refractivity contribution in [2.45, 2.75) is 13.1 Å². The van der Waals surface area contributed by atoms with Gasteiger partial charge in [0.1, 0.15) is 17.8 Å². The minimum Gasteiger partial charge on any atom is -0.457 e. The molecule has 0 aliphatic heterocycles. The molecule has 0 saturated carbocycles. The first-order valence-corrected chi connectivity index (χ1v) is 5.81. The maximum Gasteiger partial charge on any atom is 0.420 e. The smallest absolute Gasteiger partial charge is 0.420 e. The van der Waals surface area contributed by atoms with Gasteiger partial charge in [-0.3, -0.25) is 4.79 Å². The summed E-state index contributed by atoms with van der Waals surface area (Å²) in [6, 6.07) is 9.92. The lowest BCUT2D eigenvalue weighted by molar-refractivity contribution is -0.138. The van der Waals surface area contributed by atoms with E-state index >= 15 is 0 Å². The van der Waals surface area contributed by atoms with Gasteiger partial charge in [-0.15, -0.1) is 0 Å². The van der Waals surface area contributed by atoms with Crippen LogP contribution in [-0.4, -0.2) is 6.29 Å². The van der Waals surface area contributed by atoms with E-state index in [1.54, 1.807) is 18.2 Å². The van der Waals surface area contributed by atoms with Crippen LogP contribution in [0.25, 0.3) is 0 Å². The van der Waals surface area contributed by atoms with Crippen molar-refractivity contribution in [2.75, 3.05) is 0 Å². The van der Waals surface area contributed by atoms with Crippen LogP contribution in [0, 0.1) is 6.92 Å². The predicted molar refractivity (Wildman–Crippen MR) is 68.1 cm³/mol. The first kappa shape index (κ1) is 14.1. The van der Waals surface area contributed by atoms with Gasteiger partial charge in [0.2, 0.25) is 0 Å². The molecule has 0 spiro atoms. The van der Waals surface area contributed by atoms with Crippen LogP contribution in [0.15, 0.2) is 42.5 Å². The first-order chi connectivity index (χ1) is 9.40. The van der Waals surface area contributed by atoms with Crippen LogP contribution in [0.4, 0.5) is 13.2 Å². The van der Waals surface area contributed by atoms with Gasteiger partial charge in [-0.2, -0.15) is 13.2 Å². The van der Waals surface area contributed by atoms with Crippen molar-refractivity contribution in [1.82, 2.24) is 0 Å². The zero-order valence-corrected chi connectivity index (χ0v) is 10.6. The molecule has 0 unspecified atom stereocenters. The van der Waals surface area contributed by atoms with E-state index < -0.39 is 11.7 Å². The number of hydrogen-bond donors (Lipinski definition) is 0. The Balaban J connectivity index is 2.43. The van der Waals surface area contributed by atoms with Crippen molar-refractivity contribution in [3.05, 3.63) is 59.2 Å². The molecular formula is C15H11F3O2. The highest BCUT2D eigenvalue weighted by molar-refractivity contribution is 5.75. The first-order valence-electron chi connectivity index (χ1n) is 5.81. The molecule has 0 atom stereocenters. The minimum atomic E-state index is -4.59. The molecule has 0 aliphatic rings. The quantitative estimate of drug-likeness (QED) is 0.767. The Kier molecular flexibility index (Phi) is 3.79. The van der Waals surface area contributed by atoms with Crippen LogP contribution in [0.2, 0.25) is 0 Å². The number of alkyl halides is 3. The van der Waals surface area contributed by atoms with Crippen LogP contribution in [0.1, 0.15) is 21.5 Å². The van der Waals surface area contributed by atoms with Crippen molar-refractivity contribution < 1.29 is 22.7 Å². The van der Waals surface area contributed by atoms with Gasteiger partial charge < -0.3 is 4.74 Å². The highest BCUT2D eigenvalue weighted by Gasteiger charge is 2.34. The van der Waals surface area contributed by atoms with Crippen LogP contribution in [-0.2, 0) is 6.18 Å². The molecule has 0 amide bonds. The van der Waals surface area contributed by atoms with Gasteiger partial charge >= 0.3 is 6.18 Å². The summed E-state index contributed by atoms with van der Waals surface area (Å²) in [5.41, 5.74) is -0.141. The largest absolute Gasteiger partial charge is 0.457 e. The van der Waals surface area contributed by atoms with Crippen molar-refractivity contribution in [2.24, 2.45) is 0 Å². The number of benzene rings is 2. The molecule has 0 aromatic heterocycles. The molecule has 20 heavy (non-hydrogen) atoms. The highest BCUT2D eigenvalue weighted by Crippen LogP contribution is 2.38. The summed E-state index contributed by atoms with van der Waals surface area (Å²) >= 11 is 0. The molecule has 0 heterocycles. The molecule has 0 N–H and O–H groups in total. The number of ether oxygens (including phenoxy) is 1. The van der Waals surface area contributed by atoms with Crippen molar-refractivity contribution >= 4 is 6.29 Å². The molecule has 2 aromatic carbocycles. The number of rotatable bonds is 3. The lowest BCUT2D eigenvalue weighted by Crippen LogP contribution is -2.08. The monoisotopic (exact) mass is 280 g/mol. The van der Waals surface area contributed by atoms with E-state index in [-0.39, 0.29) is 11.3 Å². The zero-order chi connectivity index (χ0) is 14.8.